The average molecular weight is 292 g/mol. The van der Waals surface area contributed by atoms with Crippen molar-refractivity contribution in [2.24, 2.45) is 5.92 Å². The van der Waals surface area contributed by atoms with Crippen molar-refractivity contribution in [2.45, 2.75) is 32.4 Å². The lowest BCUT2D eigenvalue weighted by atomic mass is 10.0. The third-order valence-electron chi connectivity index (χ3n) is 3.14. The molecule has 0 aromatic heterocycles. The first-order valence-electron chi connectivity index (χ1n) is 6.09. The molecule has 0 aromatic rings. The number of carbonyl (C=O) groups is 2. The summed E-state index contributed by atoms with van der Waals surface area (Å²) < 4.78 is 22.2. The highest BCUT2D eigenvalue weighted by Gasteiger charge is 2.39. The maximum absolute atomic E-state index is 12.0. The number of amides is 2. The lowest BCUT2D eigenvalue weighted by Crippen LogP contribution is -2.50. The number of carboxylic acid groups (broad SMARTS) is 1. The largest absolute Gasteiger partial charge is 0.480 e. The summed E-state index contributed by atoms with van der Waals surface area (Å²) in [5.74, 6) is -1.30. The Morgan fingerprint density at radius 1 is 1.47 bits per heavy atom. The van der Waals surface area contributed by atoms with Crippen molar-refractivity contribution in [3.8, 4) is 0 Å². The maximum Gasteiger partial charge on any atom is 0.326 e. The number of carboxylic acids is 1. The van der Waals surface area contributed by atoms with Crippen LogP contribution in [-0.2, 0) is 14.6 Å². The van der Waals surface area contributed by atoms with Crippen molar-refractivity contribution < 1.29 is 23.1 Å². The monoisotopic (exact) mass is 292 g/mol. The van der Waals surface area contributed by atoms with Crippen LogP contribution in [0.4, 0.5) is 4.79 Å². The van der Waals surface area contributed by atoms with Gasteiger partial charge in [0.05, 0.1) is 5.75 Å². The molecule has 1 aliphatic rings. The molecule has 0 bridgehead atoms. The standard InChI is InChI=1S/C11H20N2O5S/c1-7-4-5-13(9(7)10(14)15)11(16)12-8(2)6-19(3,17)18/h7-9H,4-6H2,1-3H3,(H,12,16)(H,14,15). The van der Waals surface area contributed by atoms with E-state index in [4.69, 9.17) is 5.11 Å². The van der Waals surface area contributed by atoms with Gasteiger partial charge in [-0.2, -0.15) is 0 Å². The second-order valence-electron chi connectivity index (χ2n) is 5.19. The first-order valence-corrected chi connectivity index (χ1v) is 8.15. The zero-order valence-electron chi connectivity index (χ0n) is 11.3. The number of nitrogens with zero attached hydrogens (tertiary/aromatic N) is 1. The number of urea groups is 1. The van der Waals surface area contributed by atoms with E-state index >= 15 is 0 Å². The van der Waals surface area contributed by atoms with Gasteiger partial charge in [-0.05, 0) is 19.3 Å². The van der Waals surface area contributed by atoms with Gasteiger partial charge < -0.3 is 15.3 Å². The highest BCUT2D eigenvalue weighted by Crippen LogP contribution is 2.24. The van der Waals surface area contributed by atoms with Gasteiger partial charge in [0.1, 0.15) is 15.9 Å². The van der Waals surface area contributed by atoms with Gasteiger partial charge in [0.15, 0.2) is 0 Å². The highest BCUT2D eigenvalue weighted by atomic mass is 32.2. The fraction of sp³-hybridized carbons (Fsp3) is 0.818. The summed E-state index contributed by atoms with van der Waals surface area (Å²) in [7, 11) is -3.18. The van der Waals surface area contributed by atoms with Crippen molar-refractivity contribution in [3.63, 3.8) is 0 Å². The van der Waals surface area contributed by atoms with E-state index in [0.717, 1.165) is 6.26 Å². The fourth-order valence-corrected chi connectivity index (χ4v) is 3.33. The smallest absolute Gasteiger partial charge is 0.326 e. The molecule has 0 saturated carbocycles. The molecule has 1 aliphatic heterocycles. The number of hydrogen-bond donors (Lipinski definition) is 2. The Bertz CT molecular complexity index is 462. The van der Waals surface area contributed by atoms with E-state index in [-0.39, 0.29) is 11.7 Å². The van der Waals surface area contributed by atoms with Gasteiger partial charge in [0, 0.05) is 18.8 Å². The zero-order valence-corrected chi connectivity index (χ0v) is 12.1. The minimum absolute atomic E-state index is 0.103. The number of nitrogens with one attached hydrogen (secondary N) is 1. The molecule has 3 unspecified atom stereocenters. The molecule has 1 saturated heterocycles. The second-order valence-corrected chi connectivity index (χ2v) is 7.37. The van der Waals surface area contributed by atoms with E-state index in [1.165, 1.54) is 4.90 Å². The molecule has 19 heavy (non-hydrogen) atoms. The molecule has 0 aliphatic carbocycles. The van der Waals surface area contributed by atoms with Crippen LogP contribution in [0.15, 0.2) is 0 Å². The van der Waals surface area contributed by atoms with Gasteiger partial charge in [-0.3, -0.25) is 0 Å². The normalized spacial score (nSPS) is 25.1. The van der Waals surface area contributed by atoms with Gasteiger partial charge in [0.25, 0.3) is 0 Å². The Labute approximate surface area is 112 Å². The minimum atomic E-state index is -3.18. The SMILES string of the molecule is CC(CS(C)(=O)=O)NC(=O)N1CCC(C)C1C(=O)O. The van der Waals surface area contributed by atoms with Crippen LogP contribution in [0.5, 0.6) is 0 Å². The van der Waals surface area contributed by atoms with E-state index in [1.807, 2.05) is 0 Å². The molecule has 0 radical (unpaired) electrons. The predicted octanol–water partition coefficient (Wildman–Crippen LogP) is -0.0759. The molecule has 0 spiro atoms. The molecular formula is C11H20N2O5S. The first-order chi connectivity index (χ1) is 8.61. The molecule has 1 rings (SSSR count). The summed E-state index contributed by atoms with van der Waals surface area (Å²) in [4.78, 5) is 24.3. The predicted molar refractivity (Wildman–Crippen MR) is 69.6 cm³/mol. The lowest BCUT2D eigenvalue weighted by Gasteiger charge is -2.25. The first kappa shape index (κ1) is 15.7. The Balaban J connectivity index is 2.65. The summed E-state index contributed by atoms with van der Waals surface area (Å²) in [6.07, 6.45) is 1.72. The second kappa shape index (κ2) is 5.77. The number of sulfone groups is 1. The maximum atomic E-state index is 12.0. The molecule has 0 aromatic carbocycles. The van der Waals surface area contributed by atoms with Crippen molar-refractivity contribution in [3.05, 3.63) is 0 Å². The number of likely N-dealkylation sites (tertiary alicyclic amines) is 1. The van der Waals surface area contributed by atoms with Crippen LogP contribution >= 0.6 is 0 Å². The molecule has 2 amide bonds. The van der Waals surface area contributed by atoms with Crippen LogP contribution in [0.25, 0.3) is 0 Å². The van der Waals surface area contributed by atoms with Gasteiger partial charge in [-0.15, -0.1) is 0 Å². The van der Waals surface area contributed by atoms with Crippen LogP contribution in [0.3, 0.4) is 0 Å². The van der Waals surface area contributed by atoms with Crippen LogP contribution in [0, 0.1) is 5.92 Å². The van der Waals surface area contributed by atoms with E-state index in [9.17, 15) is 18.0 Å². The Hall–Kier alpha value is -1.31. The third kappa shape index (κ3) is 4.38. The minimum Gasteiger partial charge on any atom is -0.480 e. The molecular weight excluding hydrogens is 272 g/mol. The van der Waals surface area contributed by atoms with Gasteiger partial charge >= 0.3 is 12.0 Å². The summed E-state index contributed by atoms with van der Waals surface area (Å²) in [5.41, 5.74) is 0. The van der Waals surface area contributed by atoms with Gasteiger partial charge in [0.2, 0.25) is 0 Å². The van der Waals surface area contributed by atoms with E-state index in [2.05, 4.69) is 5.32 Å². The van der Waals surface area contributed by atoms with E-state index in [1.54, 1.807) is 13.8 Å². The van der Waals surface area contributed by atoms with Crippen molar-refractivity contribution >= 4 is 21.8 Å². The number of rotatable bonds is 4. The third-order valence-corrected chi connectivity index (χ3v) is 4.24. The molecule has 8 heteroatoms. The quantitative estimate of drug-likeness (QED) is 0.754. The zero-order chi connectivity index (χ0) is 14.8. The average Bonchev–Trinajstić information content (AvgIpc) is 2.56. The Kier molecular flexibility index (Phi) is 4.78. The topological polar surface area (TPSA) is 104 Å². The fourth-order valence-electron chi connectivity index (χ4n) is 2.34. The molecule has 2 N–H and O–H groups in total. The molecule has 7 nitrogen and oxygen atoms in total. The Morgan fingerprint density at radius 2 is 2.05 bits per heavy atom. The summed E-state index contributed by atoms with van der Waals surface area (Å²) in [5, 5.41) is 11.6. The lowest BCUT2D eigenvalue weighted by molar-refractivity contribution is -0.142. The summed E-state index contributed by atoms with van der Waals surface area (Å²) >= 11 is 0. The van der Waals surface area contributed by atoms with Crippen molar-refractivity contribution in [1.82, 2.24) is 10.2 Å². The van der Waals surface area contributed by atoms with Crippen LogP contribution in [-0.4, -0.2) is 61.1 Å². The number of aliphatic carboxylic acids is 1. The van der Waals surface area contributed by atoms with Crippen LogP contribution in [0.1, 0.15) is 20.3 Å². The van der Waals surface area contributed by atoms with E-state index < -0.39 is 33.9 Å². The Morgan fingerprint density at radius 3 is 2.53 bits per heavy atom. The van der Waals surface area contributed by atoms with Crippen LogP contribution < -0.4 is 5.32 Å². The highest BCUT2D eigenvalue weighted by molar-refractivity contribution is 7.90. The molecule has 110 valence electrons. The molecule has 1 heterocycles. The number of carbonyl (C=O) groups excluding carboxylic acids is 1. The van der Waals surface area contributed by atoms with Gasteiger partial charge in [-0.1, -0.05) is 6.92 Å². The molecule has 3 atom stereocenters. The van der Waals surface area contributed by atoms with Crippen LogP contribution in [0.2, 0.25) is 0 Å². The van der Waals surface area contributed by atoms with E-state index in [0.29, 0.717) is 13.0 Å². The summed E-state index contributed by atoms with van der Waals surface area (Å²) in [6.45, 7) is 3.73. The summed E-state index contributed by atoms with van der Waals surface area (Å²) in [6, 6.07) is -1.91. The van der Waals surface area contributed by atoms with Gasteiger partial charge in [-0.25, -0.2) is 18.0 Å². The number of hydrogen-bond acceptors (Lipinski definition) is 4. The molecule has 1 fully saturated rings. The van der Waals surface area contributed by atoms with Crippen molar-refractivity contribution in [2.75, 3.05) is 18.6 Å². The van der Waals surface area contributed by atoms with Crippen molar-refractivity contribution in [1.29, 1.82) is 0 Å².